The van der Waals surface area contributed by atoms with Gasteiger partial charge in [-0.1, -0.05) is 19.1 Å². The van der Waals surface area contributed by atoms with E-state index in [0.717, 1.165) is 35.5 Å². The van der Waals surface area contributed by atoms with Crippen molar-refractivity contribution in [3.8, 4) is 0 Å². The number of para-hydroxylation sites is 1. The molecule has 1 amide bonds. The summed E-state index contributed by atoms with van der Waals surface area (Å²) in [4.78, 5) is 16.2. The molecule has 1 unspecified atom stereocenters. The summed E-state index contributed by atoms with van der Waals surface area (Å²) in [7, 11) is -3.42. The van der Waals surface area contributed by atoms with Gasteiger partial charge in [-0.05, 0) is 55.7 Å². The molecule has 0 aromatic heterocycles. The molecule has 2 aromatic carbocycles. The average molecular weight is 446 g/mol. The molecule has 0 radical (unpaired) electrons. The van der Waals surface area contributed by atoms with Crippen molar-refractivity contribution in [2.45, 2.75) is 41.2 Å². The lowest BCUT2D eigenvalue weighted by molar-refractivity contribution is -0.117. The topological polar surface area (TPSA) is 69.7 Å². The third-order valence-corrected chi connectivity index (χ3v) is 8.70. The van der Waals surface area contributed by atoms with Gasteiger partial charge in [-0.2, -0.15) is 4.31 Å². The minimum absolute atomic E-state index is 0.00548. The van der Waals surface area contributed by atoms with Gasteiger partial charge in [-0.25, -0.2) is 8.42 Å². The highest BCUT2D eigenvalue weighted by molar-refractivity contribution is 8.00. The maximum absolute atomic E-state index is 12.9. The molecule has 0 aliphatic carbocycles. The first kappa shape index (κ1) is 21.2. The summed E-state index contributed by atoms with van der Waals surface area (Å²) in [6.07, 6.45) is 2.77. The molecule has 2 aliphatic heterocycles. The Hall–Kier alpha value is -2.03. The van der Waals surface area contributed by atoms with Crippen molar-refractivity contribution in [3.63, 3.8) is 0 Å². The van der Waals surface area contributed by atoms with Crippen LogP contribution in [0.15, 0.2) is 58.3 Å². The number of nitrogens with one attached hydrogen (secondary N) is 1. The van der Waals surface area contributed by atoms with Crippen LogP contribution in [0, 0.1) is 0 Å². The summed E-state index contributed by atoms with van der Waals surface area (Å²) < 4.78 is 26.8. The Bertz CT molecular complexity index is 1000. The highest BCUT2D eigenvalue weighted by atomic mass is 32.2. The second kappa shape index (κ2) is 8.99. The zero-order valence-corrected chi connectivity index (χ0v) is 18.7. The number of carbonyl (C=O) groups is 1. The maximum Gasteiger partial charge on any atom is 0.246 e. The molecule has 6 nitrogen and oxygen atoms in total. The van der Waals surface area contributed by atoms with Crippen molar-refractivity contribution in [3.05, 3.63) is 48.5 Å². The zero-order valence-electron chi connectivity index (χ0n) is 17.1. The molecular weight excluding hydrogens is 418 g/mol. The Balaban J connectivity index is 1.42. The molecule has 2 aromatic rings. The van der Waals surface area contributed by atoms with Crippen LogP contribution in [0.1, 0.15) is 26.2 Å². The van der Waals surface area contributed by atoms with Crippen LogP contribution < -0.4 is 10.2 Å². The molecule has 0 bridgehead atoms. The Morgan fingerprint density at radius 3 is 2.50 bits per heavy atom. The highest BCUT2D eigenvalue weighted by Crippen LogP contribution is 2.37. The highest BCUT2D eigenvalue weighted by Gasteiger charge is 2.27. The molecule has 30 heavy (non-hydrogen) atoms. The number of anilines is 2. The summed E-state index contributed by atoms with van der Waals surface area (Å²) in [5.74, 6) is 0.00548. The van der Waals surface area contributed by atoms with Gasteiger partial charge < -0.3 is 10.2 Å². The SMILES string of the molecule is CC1CCN(C(=O)CNc2ccc(S(=O)(=O)N3CCCC3)cc2)c2ccccc2S1. The van der Waals surface area contributed by atoms with Crippen molar-refractivity contribution in [2.24, 2.45) is 0 Å². The molecule has 0 saturated carbocycles. The van der Waals surface area contributed by atoms with Gasteiger partial charge in [-0.3, -0.25) is 4.79 Å². The Labute approximate surface area is 182 Å². The van der Waals surface area contributed by atoms with Crippen LogP contribution in [0.3, 0.4) is 0 Å². The Morgan fingerprint density at radius 1 is 1.07 bits per heavy atom. The number of hydrogen-bond acceptors (Lipinski definition) is 5. The van der Waals surface area contributed by atoms with Gasteiger partial charge in [0, 0.05) is 35.5 Å². The third kappa shape index (κ3) is 4.50. The van der Waals surface area contributed by atoms with E-state index in [1.165, 1.54) is 4.31 Å². The van der Waals surface area contributed by atoms with Gasteiger partial charge in [-0.15, -0.1) is 11.8 Å². The quantitative estimate of drug-likeness (QED) is 0.758. The standard InChI is InChI=1S/C22H27N3O3S2/c1-17-12-15-25(20-6-2-3-7-21(20)29-17)22(26)16-23-18-8-10-19(11-9-18)30(27,28)24-13-4-5-14-24/h2-3,6-11,17,23H,4-5,12-16H2,1H3. The van der Waals surface area contributed by atoms with Crippen LogP contribution in [0.4, 0.5) is 11.4 Å². The predicted molar refractivity (Wildman–Crippen MR) is 122 cm³/mol. The molecule has 1 saturated heterocycles. The number of carbonyl (C=O) groups excluding carboxylic acids is 1. The normalized spacial score (nSPS) is 19.9. The molecule has 160 valence electrons. The Morgan fingerprint density at radius 2 is 1.77 bits per heavy atom. The van der Waals surface area contributed by atoms with E-state index in [4.69, 9.17) is 0 Å². The van der Waals surface area contributed by atoms with Crippen molar-refractivity contribution < 1.29 is 13.2 Å². The van der Waals surface area contributed by atoms with E-state index in [-0.39, 0.29) is 12.5 Å². The first-order chi connectivity index (χ1) is 14.4. The molecular formula is C22H27N3O3S2. The molecule has 1 N–H and O–H groups in total. The number of hydrogen-bond donors (Lipinski definition) is 1. The smallest absolute Gasteiger partial charge is 0.246 e. The van der Waals surface area contributed by atoms with Gasteiger partial charge >= 0.3 is 0 Å². The van der Waals surface area contributed by atoms with E-state index in [1.807, 2.05) is 34.9 Å². The van der Waals surface area contributed by atoms with Crippen LogP contribution in [0.5, 0.6) is 0 Å². The van der Waals surface area contributed by atoms with E-state index >= 15 is 0 Å². The average Bonchev–Trinajstić information content (AvgIpc) is 3.24. The lowest BCUT2D eigenvalue weighted by Crippen LogP contribution is -2.36. The van der Waals surface area contributed by atoms with Crippen molar-refractivity contribution in [2.75, 3.05) is 36.4 Å². The fourth-order valence-corrected chi connectivity index (χ4v) is 6.47. The summed E-state index contributed by atoms with van der Waals surface area (Å²) in [5, 5.41) is 3.61. The molecule has 2 aliphatic rings. The van der Waals surface area contributed by atoms with Crippen LogP contribution in [-0.2, 0) is 14.8 Å². The number of rotatable bonds is 5. The van der Waals surface area contributed by atoms with Gasteiger partial charge in [0.25, 0.3) is 0 Å². The lowest BCUT2D eigenvalue weighted by Gasteiger charge is -2.23. The molecule has 1 atom stereocenters. The van der Waals surface area contributed by atoms with Gasteiger partial charge in [0.05, 0.1) is 17.1 Å². The summed E-state index contributed by atoms with van der Waals surface area (Å²) >= 11 is 1.81. The number of thioether (sulfide) groups is 1. The van der Waals surface area contributed by atoms with E-state index in [0.29, 0.717) is 29.8 Å². The van der Waals surface area contributed by atoms with Gasteiger partial charge in [0.1, 0.15) is 0 Å². The largest absolute Gasteiger partial charge is 0.376 e. The monoisotopic (exact) mass is 445 g/mol. The van der Waals surface area contributed by atoms with E-state index < -0.39 is 10.0 Å². The van der Waals surface area contributed by atoms with Crippen molar-refractivity contribution in [1.29, 1.82) is 0 Å². The fraction of sp³-hybridized carbons (Fsp3) is 0.409. The first-order valence-electron chi connectivity index (χ1n) is 10.4. The van der Waals surface area contributed by atoms with Crippen LogP contribution in [0.2, 0.25) is 0 Å². The second-order valence-corrected chi connectivity index (χ2v) is 11.1. The summed E-state index contributed by atoms with van der Waals surface area (Å²) in [6.45, 7) is 4.21. The van der Waals surface area contributed by atoms with E-state index in [2.05, 4.69) is 18.3 Å². The number of amides is 1. The number of nitrogens with zero attached hydrogens (tertiary/aromatic N) is 2. The third-order valence-electron chi connectivity index (χ3n) is 5.55. The molecule has 4 rings (SSSR count). The molecule has 2 heterocycles. The minimum Gasteiger partial charge on any atom is -0.376 e. The predicted octanol–water partition coefficient (Wildman–Crippen LogP) is 3.80. The lowest BCUT2D eigenvalue weighted by atomic mass is 10.2. The van der Waals surface area contributed by atoms with E-state index in [1.54, 1.807) is 24.3 Å². The number of benzene rings is 2. The summed E-state index contributed by atoms with van der Waals surface area (Å²) in [5.41, 5.74) is 1.69. The molecule has 1 fully saturated rings. The van der Waals surface area contributed by atoms with Crippen molar-refractivity contribution in [1.82, 2.24) is 4.31 Å². The van der Waals surface area contributed by atoms with Crippen LogP contribution >= 0.6 is 11.8 Å². The molecule has 0 spiro atoms. The van der Waals surface area contributed by atoms with Gasteiger partial charge in [0.15, 0.2) is 0 Å². The Kier molecular flexibility index (Phi) is 6.36. The number of sulfonamides is 1. The second-order valence-electron chi connectivity index (χ2n) is 7.72. The summed E-state index contributed by atoms with van der Waals surface area (Å²) in [6, 6.07) is 14.7. The van der Waals surface area contributed by atoms with E-state index in [9.17, 15) is 13.2 Å². The molecule has 8 heteroatoms. The fourth-order valence-electron chi connectivity index (χ4n) is 3.84. The van der Waals surface area contributed by atoms with Gasteiger partial charge in [0.2, 0.25) is 15.9 Å². The minimum atomic E-state index is -3.42. The van der Waals surface area contributed by atoms with Crippen molar-refractivity contribution >= 4 is 39.1 Å². The van der Waals surface area contributed by atoms with Crippen LogP contribution in [-0.4, -0.2) is 50.1 Å². The zero-order chi connectivity index (χ0) is 21.1. The first-order valence-corrected chi connectivity index (χ1v) is 12.7. The van der Waals surface area contributed by atoms with Crippen LogP contribution in [0.25, 0.3) is 0 Å². The number of fused-ring (bicyclic) bond motifs is 1. The maximum atomic E-state index is 12.9.